The number of halogens is 6. The van der Waals surface area contributed by atoms with Crippen molar-refractivity contribution in [3.8, 4) is 0 Å². The average molecular weight is 167 g/mol. The number of hydrogen-bond donors (Lipinski definition) is 0. The van der Waals surface area contributed by atoms with Crippen LogP contribution in [0.5, 0.6) is 0 Å². The highest BCUT2D eigenvalue weighted by Gasteiger charge is 2.48. The van der Waals surface area contributed by atoms with Crippen LogP contribution in [0, 0.1) is 0 Å². The molecule has 0 N–H and O–H groups in total. The van der Waals surface area contributed by atoms with Crippen molar-refractivity contribution in [2.24, 2.45) is 0 Å². The largest absolute Gasteiger partial charge is 0.839 e. The van der Waals surface area contributed by atoms with Gasteiger partial charge in [-0.1, -0.05) is 0 Å². The van der Waals surface area contributed by atoms with Gasteiger partial charge < -0.3 is 5.11 Å². The molecule has 0 unspecified atom stereocenters. The minimum absolute atomic E-state index is 4.49. The van der Waals surface area contributed by atoms with E-state index in [1.54, 1.807) is 0 Å². The van der Waals surface area contributed by atoms with Crippen molar-refractivity contribution in [3.63, 3.8) is 0 Å². The SMILES string of the molecule is [O-]C(C(F)(F)F)C(F)(F)F. The summed E-state index contributed by atoms with van der Waals surface area (Å²) in [7, 11) is 0. The van der Waals surface area contributed by atoms with Gasteiger partial charge in [0.15, 0.2) is 0 Å². The van der Waals surface area contributed by atoms with Gasteiger partial charge in [-0.25, -0.2) is 0 Å². The van der Waals surface area contributed by atoms with Crippen LogP contribution in [0.15, 0.2) is 0 Å². The molecule has 0 atom stereocenters. The van der Waals surface area contributed by atoms with Crippen molar-refractivity contribution in [2.45, 2.75) is 18.5 Å². The lowest BCUT2D eigenvalue weighted by Gasteiger charge is -2.27. The fraction of sp³-hybridized carbons (Fsp3) is 1.00. The lowest BCUT2D eigenvalue weighted by atomic mass is 10.3. The van der Waals surface area contributed by atoms with Crippen molar-refractivity contribution < 1.29 is 31.4 Å². The van der Waals surface area contributed by atoms with E-state index in [1.165, 1.54) is 0 Å². The van der Waals surface area contributed by atoms with E-state index in [0.717, 1.165) is 0 Å². The Morgan fingerprint density at radius 1 is 0.800 bits per heavy atom. The molecule has 0 aromatic carbocycles. The Balaban J connectivity index is 4.23. The quantitative estimate of drug-likeness (QED) is 0.490. The molecule has 0 fully saturated rings. The van der Waals surface area contributed by atoms with E-state index in [-0.39, 0.29) is 0 Å². The van der Waals surface area contributed by atoms with Crippen molar-refractivity contribution in [2.75, 3.05) is 0 Å². The summed E-state index contributed by atoms with van der Waals surface area (Å²) < 4.78 is 65.5. The van der Waals surface area contributed by atoms with Crippen LogP contribution in [0.4, 0.5) is 26.3 Å². The maximum Gasteiger partial charge on any atom is 0.385 e. The summed E-state index contributed by atoms with van der Waals surface area (Å²) in [5.74, 6) is 0. The third-order valence-corrected chi connectivity index (χ3v) is 0.595. The van der Waals surface area contributed by atoms with Crippen LogP contribution in [-0.4, -0.2) is 18.5 Å². The molecule has 0 saturated carbocycles. The highest BCUT2D eigenvalue weighted by Crippen LogP contribution is 2.30. The van der Waals surface area contributed by atoms with Gasteiger partial charge in [-0.05, 0) is 0 Å². The topological polar surface area (TPSA) is 23.1 Å². The standard InChI is InChI=1S/C3HF6O/c4-2(5,6)1(10)3(7,8)9/h1H/q-1. The van der Waals surface area contributed by atoms with Crippen molar-refractivity contribution in [1.82, 2.24) is 0 Å². The molecule has 0 aliphatic carbocycles. The molecule has 0 radical (unpaired) electrons. The van der Waals surface area contributed by atoms with Crippen LogP contribution in [0.3, 0.4) is 0 Å². The smallest absolute Gasteiger partial charge is 0.385 e. The molecule has 10 heavy (non-hydrogen) atoms. The summed E-state index contributed by atoms with van der Waals surface area (Å²) >= 11 is 0. The highest BCUT2D eigenvalue weighted by atomic mass is 19.4. The average Bonchev–Trinajstić information content (AvgIpc) is 1.59. The monoisotopic (exact) mass is 167 g/mol. The molecule has 0 heterocycles. The second kappa shape index (κ2) is 2.30. The van der Waals surface area contributed by atoms with Gasteiger partial charge in [0.05, 0.1) is 6.10 Å². The summed E-state index contributed by atoms with van der Waals surface area (Å²) in [5, 5.41) is 9.32. The lowest BCUT2D eigenvalue weighted by molar-refractivity contribution is -0.533. The van der Waals surface area contributed by atoms with Crippen LogP contribution in [0.25, 0.3) is 0 Å². The lowest BCUT2D eigenvalue weighted by Crippen LogP contribution is -2.51. The summed E-state index contributed by atoms with van der Waals surface area (Å²) in [6, 6.07) is 0. The molecule has 62 valence electrons. The molecule has 0 rings (SSSR count). The molecule has 0 aromatic rings. The second-order valence-corrected chi connectivity index (χ2v) is 1.46. The zero-order chi connectivity index (χ0) is 8.58. The van der Waals surface area contributed by atoms with Crippen molar-refractivity contribution >= 4 is 0 Å². The number of rotatable bonds is 0. The Morgan fingerprint density at radius 3 is 1.00 bits per heavy atom. The van der Waals surface area contributed by atoms with E-state index in [0.29, 0.717) is 0 Å². The molecular formula is C3HF6O-. The molecule has 0 bridgehead atoms. The fourth-order valence-electron chi connectivity index (χ4n) is 0.186. The first-order chi connectivity index (χ1) is 4.15. The van der Waals surface area contributed by atoms with Crippen LogP contribution in [0.2, 0.25) is 0 Å². The van der Waals surface area contributed by atoms with Crippen LogP contribution >= 0.6 is 0 Å². The first kappa shape index (κ1) is 9.54. The summed E-state index contributed by atoms with van der Waals surface area (Å²) in [6.45, 7) is 0. The van der Waals surface area contributed by atoms with Crippen LogP contribution < -0.4 is 5.11 Å². The molecule has 0 aliphatic rings. The van der Waals surface area contributed by atoms with E-state index in [4.69, 9.17) is 0 Å². The Kier molecular flexibility index (Phi) is 2.19. The van der Waals surface area contributed by atoms with E-state index in [2.05, 4.69) is 0 Å². The Morgan fingerprint density at radius 2 is 1.00 bits per heavy atom. The third kappa shape index (κ3) is 2.42. The minimum Gasteiger partial charge on any atom is -0.839 e. The van der Waals surface area contributed by atoms with Crippen LogP contribution in [-0.2, 0) is 0 Å². The van der Waals surface area contributed by atoms with Gasteiger partial charge in [0, 0.05) is 0 Å². The molecule has 0 spiro atoms. The maximum absolute atomic E-state index is 10.9. The normalized spacial score (nSPS) is 14.4. The first-order valence-electron chi connectivity index (χ1n) is 1.95. The van der Waals surface area contributed by atoms with Crippen molar-refractivity contribution in [1.29, 1.82) is 0 Å². The van der Waals surface area contributed by atoms with E-state index in [9.17, 15) is 31.4 Å². The predicted octanol–water partition coefficient (Wildman–Crippen LogP) is 0.840. The van der Waals surface area contributed by atoms with E-state index < -0.39 is 18.5 Å². The van der Waals surface area contributed by atoms with Gasteiger partial charge >= 0.3 is 12.4 Å². The van der Waals surface area contributed by atoms with Crippen LogP contribution in [0.1, 0.15) is 0 Å². The van der Waals surface area contributed by atoms with Gasteiger partial charge in [-0.2, -0.15) is 26.3 Å². The maximum atomic E-state index is 10.9. The summed E-state index contributed by atoms with van der Waals surface area (Å²) in [6.07, 6.45) is -16.0. The zero-order valence-corrected chi connectivity index (χ0v) is 4.25. The molecule has 0 aromatic heterocycles. The van der Waals surface area contributed by atoms with Gasteiger partial charge in [0.2, 0.25) is 0 Å². The predicted molar refractivity (Wildman–Crippen MR) is 15.9 cm³/mol. The van der Waals surface area contributed by atoms with Gasteiger partial charge in [-0.15, -0.1) is 0 Å². The molecular weight excluding hydrogens is 166 g/mol. The van der Waals surface area contributed by atoms with E-state index in [1.807, 2.05) is 0 Å². The Hall–Kier alpha value is -0.460. The highest BCUT2D eigenvalue weighted by molar-refractivity contribution is 4.71. The third-order valence-electron chi connectivity index (χ3n) is 0.595. The molecule has 0 amide bonds. The minimum atomic E-state index is -5.74. The molecule has 1 nitrogen and oxygen atoms in total. The Labute approximate surface area is 51.3 Å². The van der Waals surface area contributed by atoms with Gasteiger partial charge in [-0.3, -0.25) is 0 Å². The Bertz CT molecular complexity index is 97.1. The molecule has 0 aliphatic heterocycles. The van der Waals surface area contributed by atoms with Gasteiger partial charge in [0.25, 0.3) is 0 Å². The van der Waals surface area contributed by atoms with Crippen molar-refractivity contribution in [3.05, 3.63) is 0 Å². The molecule has 0 saturated heterocycles. The van der Waals surface area contributed by atoms with Gasteiger partial charge in [0.1, 0.15) is 0 Å². The fourth-order valence-corrected chi connectivity index (χ4v) is 0.186. The summed E-state index contributed by atoms with van der Waals surface area (Å²) in [5.41, 5.74) is 0. The second-order valence-electron chi connectivity index (χ2n) is 1.46. The summed E-state index contributed by atoms with van der Waals surface area (Å²) in [4.78, 5) is 0. The zero-order valence-electron chi connectivity index (χ0n) is 4.25. The number of hydrogen-bond acceptors (Lipinski definition) is 1. The first-order valence-corrected chi connectivity index (χ1v) is 1.95. The number of alkyl halides is 6. The molecule has 7 heteroatoms. The van der Waals surface area contributed by atoms with E-state index >= 15 is 0 Å².